The van der Waals surface area contributed by atoms with Crippen molar-refractivity contribution < 1.29 is 28.2 Å². The third kappa shape index (κ3) is 4.77. The summed E-state index contributed by atoms with van der Waals surface area (Å²) in [6.07, 6.45) is -2.53. The van der Waals surface area contributed by atoms with Gasteiger partial charge in [0.05, 0.1) is 0 Å². The van der Waals surface area contributed by atoms with Crippen LogP contribution in [0.1, 0.15) is 22.3 Å². The molecule has 0 saturated carbocycles. The smallest absolute Gasteiger partial charge is 0.322 e. The van der Waals surface area contributed by atoms with E-state index in [0.717, 1.165) is 0 Å². The highest BCUT2D eigenvalue weighted by atomic mass is 19.3. The highest BCUT2D eigenvalue weighted by Crippen LogP contribution is 2.25. The SMILES string of the molecule is O=C(O)CNC(=O)c1ccc(Oc2ccc(C(F)F)cc2)cc1. The van der Waals surface area contributed by atoms with Crippen molar-refractivity contribution in [2.45, 2.75) is 6.43 Å². The van der Waals surface area contributed by atoms with E-state index in [1.807, 2.05) is 0 Å². The van der Waals surface area contributed by atoms with Gasteiger partial charge in [-0.15, -0.1) is 0 Å². The number of benzene rings is 2. The summed E-state index contributed by atoms with van der Waals surface area (Å²) in [5, 5.41) is 10.7. The van der Waals surface area contributed by atoms with Crippen LogP contribution in [0.5, 0.6) is 11.5 Å². The zero-order chi connectivity index (χ0) is 16.8. The number of halogens is 2. The fraction of sp³-hybridized carbons (Fsp3) is 0.125. The number of amides is 1. The Morgan fingerprint density at radius 3 is 2.00 bits per heavy atom. The molecule has 120 valence electrons. The monoisotopic (exact) mass is 321 g/mol. The van der Waals surface area contributed by atoms with E-state index in [-0.39, 0.29) is 11.1 Å². The number of hydrogen-bond donors (Lipinski definition) is 2. The Balaban J connectivity index is 1.99. The van der Waals surface area contributed by atoms with Crippen LogP contribution < -0.4 is 10.1 Å². The van der Waals surface area contributed by atoms with Crippen molar-refractivity contribution in [3.8, 4) is 11.5 Å². The molecule has 0 heterocycles. The molecule has 2 aromatic carbocycles. The molecule has 0 unspecified atom stereocenters. The number of carbonyl (C=O) groups excluding carboxylic acids is 1. The third-order valence-electron chi connectivity index (χ3n) is 2.88. The standard InChI is InChI=1S/C16H13F2NO4/c17-15(18)10-1-5-12(6-2-10)23-13-7-3-11(4-8-13)16(22)19-9-14(20)21/h1-8,15H,9H2,(H,19,22)(H,20,21). The summed E-state index contributed by atoms with van der Waals surface area (Å²) in [7, 11) is 0. The Morgan fingerprint density at radius 1 is 1.00 bits per heavy atom. The number of ether oxygens (including phenoxy) is 1. The van der Waals surface area contributed by atoms with Gasteiger partial charge in [0.2, 0.25) is 0 Å². The molecule has 23 heavy (non-hydrogen) atoms. The summed E-state index contributed by atoms with van der Waals surface area (Å²) >= 11 is 0. The van der Waals surface area contributed by atoms with Crippen molar-refractivity contribution in [2.75, 3.05) is 6.54 Å². The molecule has 1 amide bonds. The van der Waals surface area contributed by atoms with Crippen LogP contribution in [0.15, 0.2) is 48.5 Å². The highest BCUT2D eigenvalue weighted by molar-refractivity contribution is 5.95. The summed E-state index contributed by atoms with van der Waals surface area (Å²) in [6.45, 7) is -0.465. The molecule has 7 heteroatoms. The molecular weight excluding hydrogens is 308 g/mol. The van der Waals surface area contributed by atoms with Gasteiger partial charge in [-0.3, -0.25) is 9.59 Å². The van der Waals surface area contributed by atoms with E-state index in [1.54, 1.807) is 0 Å². The van der Waals surface area contributed by atoms with E-state index in [1.165, 1.54) is 48.5 Å². The van der Waals surface area contributed by atoms with E-state index in [4.69, 9.17) is 9.84 Å². The highest BCUT2D eigenvalue weighted by Gasteiger charge is 2.08. The van der Waals surface area contributed by atoms with Gasteiger partial charge in [0, 0.05) is 11.1 Å². The molecule has 0 aliphatic heterocycles. The van der Waals surface area contributed by atoms with E-state index < -0.39 is 24.8 Å². The topological polar surface area (TPSA) is 75.6 Å². The van der Waals surface area contributed by atoms with Gasteiger partial charge in [-0.05, 0) is 48.5 Å². The summed E-state index contributed by atoms with van der Waals surface area (Å²) in [6, 6.07) is 11.4. The first-order chi connectivity index (χ1) is 11.0. The average Bonchev–Trinajstić information content (AvgIpc) is 2.54. The molecule has 2 rings (SSSR count). The molecule has 0 bridgehead atoms. The zero-order valence-electron chi connectivity index (χ0n) is 11.8. The minimum absolute atomic E-state index is 0.0946. The van der Waals surface area contributed by atoms with Gasteiger partial charge in [0.25, 0.3) is 12.3 Å². The lowest BCUT2D eigenvalue weighted by Gasteiger charge is -2.08. The number of aliphatic carboxylic acids is 1. The first kappa shape index (κ1) is 16.4. The van der Waals surface area contributed by atoms with Crippen molar-refractivity contribution in [1.82, 2.24) is 5.32 Å². The Bertz CT molecular complexity index is 684. The largest absolute Gasteiger partial charge is 0.480 e. The Labute approximate surface area is 130 Å². The maximum absolute atomic E-state index is 12.4. The summed E-state index contributed by atoms with van der Waals surface area (Å²) in [5.74, 6) is -0.840. The van der Waals surface area contributed by atoms with Crippen LogP contribution in [-0.4, -0.2) is 23.5 Å². The molecule has 0 radical (unpaired) electrons. The molecule has 0 spiro atoms. The summed E-state index contributed by atoms with van der Waals surface area (Å²) in [4.78, 5) is 22.0. The third-order valence-corrected chi connectivity index (χ3v) is 2.88. The first-order valence-electron chi connectivity index (χ1n) is 6.62. The second kappa shape index (κ2) is 7.35. The van der Waals surface area contributed by atoms with E-state index >= 15 is 0 Å². The second-order valence-electron chi connectivity index (χ2n) is 4.57. The van der Waals surface area contributed by atoms with Crippen LogP contribution in [0, 0.1) is 0 Å². The van der Waals surface area contributed by atoms with Crippen molar-refractivity contribution >= 4 is 11.9 Å². The average molecular weight is 321 g/mol. The molecule has 0 aliphatic carbocycles. The molecule has 0 aromatic heterocycles. The number of carboxylic acid groups (broad SMARTS) is 1. The molecule has 2 N–H and O–H groups in total. The quantitative estimate of drug-likeness (QED) is 0.856. The number of rotatable bonds is 6. The van der Waals surface area contributed by atoms with Gasteiger partial charge in [-0.1, -0.05) is 0 Å². The van der Waals surface area contributed by atoms with Crippen LogP contribution in [0.3, 0.4) is 0 Å². The van der Waals surface area contributed by atoms with Crippen LogP contribution in [0.2, 0.25) is 0 Å². The predicted molar refractivity (Wildman–Crippen MR) is 77.9 cm³/mol. The van der Waals surface area contributed by atoms with Crippen LogP contribution in [-0.2, 0) is 4.79 Å². The number of nitrogens with one attached hydrogen (secondary N) is 1. The van der Waals surface area contributed by atoms with Crippen LogP contribution >= 0.6 is 0 Å². The van der Waals surface area contributed by atoms with Crippen LogP contribution in [0.25, 0.3) is 0 Å². The normalized spacial score (nSPS) is 10.4. The maximum atomic E-state index is 12.4. The lowest BCUT2D eigenvalue weighted by atomic mass is 10.2. The number of hydrogen-bond acceptors (Lipinski definition) is 3. The molecule has 5 nitrogen and oxygen atoms in total. The van der Waals surface area contributed by atoms with Gasteiger partial charge < -0.3 is 15.2 Å². The molecule has 0 fully saturated rings. The van der Waals surface area contributed by atoms with Gasteiger partial charge in [-0.25, -0.2) is 8.78 Å². The lowest BCUT2D eigenvalue weighted by Crippen LogP contribution is -2.29. The summed E-state index contributed by atoms with van der Waals surface area (Å²) < 4.78 is 30.4. The fourth-order valence-electron chi connectivity index (χ4n) is 1.75. The molecule has 2 aromatic rings. The zero-order valence-corrected chi connectivity index (χ0v) is 11.8. The summed E-state index contributed by atoms with van der Waals surface area (Å²) in [5.41, 5.74) is 0.189. The number of carboxylic acids is 1. The maximum Gasteiger partial charge on any atom is 0.322 e. The minimum atomic E-state index is -2.53. The first-order valence-corrected chi connectivity index (χ1v) is 6.62. The van der Waals surface area contributed by atoms with Gasteiger partial charge in [0.1, 0.15) is 18.0 Å². The van der Waals surface area contributed by atoms with Gasteiger partial charge >= 0.3 is 5.97 Å². The van der Waals surface area contributed by atoms with Crippen molar-refractivity contribution in [2.24, 2.45) is 0 Å². The Kier molecular flexibility index (Phi) is 5.24. The molecule has 0 aliphatic rings. The van der Waals surface area contributed by atoms with Crippen LogP contribution in [0.4, 0.5) is 8.78 Å². The van der Waals surface area contributed by atoms with E-state index in [0.29, 0.717) is 11.5 Å². The molecular formula is C16H13F2NO4. The van der Waals surface area contributed by atoms with E-state index in [9.17, 15) is 18.4 Å². The fourth-order valence-corrected chi connectivity index (χ4v) is 1.75. The van der Waals surface area contributed by atoms with Gasteiger partial charge in [0.15, 0.2) is 0 Å². The second-order valence-corrected chi connectivity index (χ2v) is 4.57. The molecule has 0 saturated heterocycles. The Morgan fingerprint density at radius 2 is 1.52 bits per heavy atom. The number of carbonyl (C=O) groups is 2. The Hall–Kier alpha value is -2.96. The predicted octanol–water partition coefficient (Wildman–Crippen LogP) is 3.23. The minimum Gasteiger partial charge on any atom is -0.480 e. The lowest BCUT2D eigenvalue weighted by molar-refractivity contribution is -0.135. The molecule has 0 atom stereocenters. The van der Waals surface area contributed by atoms with E-state index in [2.05, 4.69) is 5.32 Å². The van der Waals surface area contributed by atoms with Gasteiger partial charge in [-0.2, -0.15) is 0 Å². The number of alkyl halides is 2. The van der Waals surface area contributed by atoms with Crippen molar-refractivity contribution in [3.63, 3.8) is 0 Å². The van der Waals surface area contributed by atoms with Crippen molar-refractivity contribution in [1.29, 1.82) is 0 Å². The van der Waals surface area contributed by atoms with Crippen molar-refractivity contribution in [3.05, 3.63) is 59.7 Å².